The Bertz CT molecular complexity index is 899. The molecule has 1 heterocycles. The number of imide groups is 1. The quantitative estimate of drug-likeness (QED) is 0.720. The summed E-state index contributed by atoms with van der Waals surface area (Å²) in [7, 11) is -4.12. The predicted octanol–water partition coefficient (Wildman–Crippen LogP) is 3.45. The Balaban J connectivity index is 2.02. The average molecular weight is 392 g/mol. The number of benzene rings is 1. The summed E-state index contributed by atoms with van der Waals surface area (Å²) in [6.07, 6.45) is 3.78. The summed E-state index contributed by atoms with van der Waals surface area (Å²) in [6.45, 7) is 6.87. The summed E-state index contributed by atoms with van der Waals surface area (Å²) in [5.74, 6) is 0. The summed E-state index contributed by atoms with van der Waals surface area (Å²) in [5, 5.41) is 0. The first-order chi connectivity index (χ1) is 12.5. The van der Waals surface area contributed by atoms with E-state index in [1.165, 1.54) is 12.1 Å². The molecular formula is C19H24N2O5S. The molecule has 1 aliphatic carbocycles. The number of ether oxygens (including phenoxy) is 1. The molecule has 1 atom stereocenters. The van der Waals surface area contributed by atoms with Crippen molar-refractivity contribution in [2.24, 2.45) is 0 Å². The number of rotatable bonds is 2. The normalized spacial score (nSPS) is 22.7. The van der Waals surface area contributed by atoms with E-state index in [2.05, 4.69) is 0 Å². The van der Waals surface area contributed by atoms with Crippen LogP contribution in [0.5, 0.6) is 0 Å². The number of nitrogens with zero attached hydrogens (tertiary/aromatic N) is 2. The third kappa shape index (κ3) is 3.45. The maximum Gasteiger partial charge on any atom is 0.418 e. The van der Waals surface area contributed by atoms with Crippen molar-refractivity contribution in [3.05, 3.63) is 42.0 Å². The molecule has 3 amide bonds. The zero-order valence-corrected chi connectivity index (χ0v) is 16.7. The summed E-state index contributed by atoms with van der Waals surface area (Å²) >= 11 is 0. The van der Waals surface area contributed by atoms with Gasteiger partial charge in [-0.1, -0.05) is 29.8 Å². The number of urea groups is 1. The molecule has 0 saturated carbocycles. The maximum atomic E-state index is 13.3. The van der Waals surface area contributed by atoms with Gasteiger partial charge in [-0.25, -0.2) is 27.2 Å². The van der Waals surface area contributed by atoms with Crippen LogP contribution >= 0.6 is 0 Å². The molecule has 27 heavy (non-hydrogen) atoms. The van der Waals surface area contributed by atoms with Crippen molar-refractivity contribution in [1.29, 1.82) is 0 Å². The minimum absolute atomic E-state index is 0.0205. The molecule has 7 nitrogen and oxygen atoms in total. The molecule has 1 aromatic rings. The second kappa shape index (κ2) is 6.37. The van der Waals surface area contributed by atoms with Crippen LogP contribution < -0.4 is 0 Å². The molecular weight excluding hydrogens is 368 g/mol. The van der Waals surface area contributed by atoms with E-state index >= 15 is 0 Å². The third-order valence-electron chi connectivity index (χ3n) is 4.59. The minimum Gasteiger partial charge on any atom is -0.443 e. The molecule has 1 fully saturated rings. The first-order valence-electron chi connectivity index (χ1n) is 8.81. The number of carbonyl (C=O) groups excluding carboxylic acids is 2. The molecule has 0 bridgehead atoms. The topological polar surface area (TPSA) is 84.0 Å². The van der Waals surface area contributed by atoms with E-state index in [1.807, 2.05) is 13.0 Å². The van der Waals surface area contributed by atoms with Crippen molar-refractivity contribution in [1.82, 2.24) is 9.21 Å². The number of allylic oxidation sites excluding steroid dienone is 1. The lowest BCUT2D eigenvalue weighted by atomic mass is 10.0. The molecule has 8 heteroatoms. The maximum absolute atomic E-state index is 13.3. The van der Waals surface area contributed by atoms with Gasteiger partial charge in [-0.3, -0.25) is 0 Å². The van der Waals surface area contributed by atoms with Crippen LogP contribution in [0, 0.1) is 6.92 Å². The Morgan fingerprint density at radius 1 is 1.19 bits per heavy atom. The van der Waals surface area contributed by atoms with Crippen LogP contribution in [-0.4, -0.2) is 47.4 Å². The van der Waals surface area contributed by atoms with E-state index < -0.39 is 33.3 Å². The van der Waals surface area contributed by atoms with Crippen LogP contribution in [0.4, 0.5) is 9.59 Å². The molecule has 1 aromatic carbocycles. The lowest BCUT2D eigenvalue weighted by Gasteiger charge is -2.30. The average Bonchev–Trinajstić information content (AvgIpc) is 3.11. The fourth-order valence-corrected chi connectivity index (χ4v) is 5.03. The number of amides is 3. The van der Waals surface area contributed by atoms with Crippen LogP contribution in [0.25, 0.3) is 0 Å². The SMILES string of the molecule is Cc1ccc(S(=O)(=O)N2C(=O)N(C(=O)OC(C)(C)C)CC23C=CCC3)cc1. The summed E-state index contributed by atoms with van der Waals surface area (Å²) in [6, 6.07) is 5.42. The summed E-state index contributed by atoms with van der Waals surface area (Å²) in [4.78, 5) is 26.4. The highest BCUT2D eigenvalue weighted by Crippen LogP contribution is 2.40. The van der Waals surface area contributed by atoms with Crippen LogP contribution in [0.15, 0.2) is 41.3 Å². The highest BCUT2D eigenvalue weighted by molar-refractivity contribution is 7.89. The minimum atomic E-state index is -4.12. The van der Waals surface area contributed by atoms with Gasteiger partial charge in [-0.2, -0.15) is 0 Å². The van der Waals surface area contributed by atoms with Gasteiger partial charge < -0.3 is 4.74 Å². The fourth-order valence-electron chi connectivity index (χ4n) is 3.34. The van der Waals surface area contributed by atoms with Gasteiger partial charge >= 0.3 is 12.1 Å². The zero-order chi connectivity index (χ0) is 20.0. The predicted molar refractivity (Wildman–Crippen MR) is 99.6 cm³/mol. The Morgan fingerprint density at radius 2 is 1.81 bits per heavy atom. The van der Waals surface area contributed by atoms with Gasteiger partial charge in [0.25, 0.3) is 10.0 Å². The molecule has 0 aromatic heterocycles. The Kier molecular flexibility index (Phi) is 4.58. The fraction of sp³-hybridized carbons (Fsp3) is 0.474. The van der Waals surface area contributed by atoms with Crippen molar-refractivity contribution in [3.63, 3.8) is 0 Å². The van der Waals surface area contributed by atoms with E-state index in [1.54, 1.807) is 39.0 Å². The van der Waals surface area contributed by atoms with E-state index in [-0.39, 0.29) is 11.4 Å². The van der Waals surface area contributed by atoms with Crippen molar-refractivity contribution in [3.8, 4) is 0 Å². The molecule has 1 aliphatic heterocycles. The number of carbonyl (C=O) groups is 2. The van der Waals surface area contributed by atoms with Gasteiger partial charge in [0, 0.05) is 0 Å². The van der Waals surface area contributed by atoms with Crippen LogP contribution in [-0.2, 0) is 14.8 Å². The van der Waals surface area contributed by atoms with E-state index in [0.29, 0.717) is 12.8 Å². The van der Waals surface area contributed by atoms with Gasteiger partial charge in [-0.05, 0) is 52.7 Å². The standard InChI is InChI=1S/C19H24N2O5S/c1-14-7-9-15(10-8-14)27(24,25)21-16(22)20(17(23)26-18(2,3)4)13-19(21)11-5-6-12-19/h5,7-11H,6,12-13H2,1-4H3. The monoisotopic (exact) mass is 392 g/mol. The largest absolute Gasteiger partial charge is 0.443 e. The van der Waals surface area contributed by atoms with Crippen LogP contribution in [0.3, 0.4) is 0 Å². The number of hydrogen-bond acceptors (Lipinski definition) is 5. The number of aryl methyl sites for hydroxylation is 1. The van der Waals surface area contributed by atoms with Crippen molar-refractivity contribution in [2.75, 3.05) is 6.54 Å². The smallest absolute Gasteiger partial charge is 0.418 e. The van der Waals surface area contributed by atoms with Gasteiger partial charge in [0.2, 0.25) is 0 Å². The summed E-state index contributed by atoms with van der Waals surface area (Å²) < 4.78 is 32.7. The third-order valence-corrected chi connectivity index (χ3v) is 6.45. The highest BCUT2D eigenvalue weighted by Gasteiger charge is 2.57. The zero-order valence-electron chi connectivity index (χ0n) is 15.9. The van der Waals surface area contributed by atoms with Crippen molar-refractivity contribution in [2.45, 2.75) is 56.6 Å². The van der Waals surface area contributed by atoms with Crippen molar-refractivity contribution < 1.29 is 22.7 Å². The Morgan fingerprint density at radius 3 is 2.33 bits per heavy atom. The molecule has 2 aliphatic rings. The molecule has 1 saturated heterocycles. The van der Waals surface area contributed by atoms with Crippen molar-refractivity contribution >= 4 is 22.1 Å². The molecule has 1 unspecified atom stereocenters. The molecule has 0 N–H and O–H groups in total. The first kappa shape index (κ1) is 19.4. The Labute approximate surface area is 159 Å². The lowest BCUT2D eigenvalue weighted by molar-refractivity contribution is 0.0343. The van der Waals surface area contributed by atoms with Crippen LogP contribution in [0.1, 0.15) is 39.2 Å². The number of sulfonamides is 1. The molecule has 3 rings (SSSR count). The summed E-state index contributed by atoms with van der Waals surface area (Å²) in [5.41, 5.74) is -0.954. The second-order valence-corrected chi connectivity index (χ2v) is 9.76. The highest BCUT2D eigenvalue weighted by atomic mass is 32.2. The van der Waals surface area contributed by atoms with Crippen LogP contribution in [0.2, 0.25) is 0 Å². The van der Waals surface area contributed by atoms with Gasteiger partial charge in [0.05, 0.1) is 17.0 Å². The lowest BCUT2D eigenvalue weighted by Crippen LogP contribution is -2.47. The van der Waals surface area contributed by atoms with E-state index in [9.17, 15) is 18.0 Å². The van der Waals surface area contributed by atoms with E-state index in [0.717, 1.165) is 14.8 Å². The first-order valence-corrected chi connectivity index (χ1v) is 10.2. The van der Waals surface area contributed by atoms with Gasteiger partial charge in [0.15, 0.2) is 0 Å². The number of hydrogen-bond donors (Lipinski definition) is 0. The van der Waals surface area contributed by atoms with Gasteiger partial charge in [-0.15, -0.1) is 0 Å². The molecule has 0 radical (unpaired) electrons. The van der Waals surface area contributed by atoms with E-state index in [4.69, 9.17) is 4.74 Å². The molecule has 1 spiro atoms. The molecule has 146 valence electrons. The van der Waals surface area contributed by atoms with Gasteiger partial charge in [0.1, 0.15) is 5.60 Å². The Hall–Kier alpha value is -2.35. The second-order valence-electron chi connectivity index (χ2n) is 7.98.